The maximum absolute atomic E-state index is 14.3. The van der Waals surface area contributed by atoms with Crippen LogP contribution in [0.5, 0.6) is 0 Å². The van der Waals surface area contributed by atoms with E-state index in [4.69, 9.17) is 14.2 Å². The average Bonchev–Trinajstić information content (AvgIpc) is 3.81. The smallest absolute Gasteiger partial charge is 0.338 e. The van der Waals surface area contributed by atoms with E-state index in [1.807, 2.05) is 58.6 Å². The van der Waals surface area contributed by atoms with Gasteiger partial charge in [0.25, 0.3) is 0 Å². The van der Waals surface area contributed by atoms with Gasteiger partial charge in [-0.1, -0.05) is 66.2 Å². The van der Waals surface area contributed by atoms with Crippen molar-refractivity contribution in [3.8, 4) is 0 Å². The summed E-state index contributed by atoms with van der Waals surface area (Å²) in [6, 6.07) is 5.25. The van der Waals surface area contributed by atoms with Crippen LogP contribution < -0.4 is 16.0 Å². The van der Waals surface area contributed by atoms with Gasteiger partial charge in [0.1, 0.15) is 6.04 Å². The summed E-state index contributed by atoms with van der Waals surface area (Å²) in [7, 11) is 7.99. The van der Waals surface area contributed by atoms with Gasteiger partial charge in [-0.2, -0.15) is 0 Å². The first-order chi connectivity index (χ1) is 25.6. The molecule has 2 aliphatic rings. The van der Waals surface area contributed by atoms with E-state index >= 15 is 0 Å². The fourth-order valence-electron chi connectivity index (χ4n) is 8.24. The Bertz CT molecular complexity index is 1430. The van der Waals surface area contributed by atoms with Gasteiger partial charge in [0.15, 0.2) is 0 Å². The lowest BCUT2D eigenvalue weighted by Crippen LogP contribution is -2.59. The van der Waals surface area contributed by atoms with Gasteiger partial charge >= 0.3 is 5.97 Å². The minimum atomic E-state index is -0.759. The Hall–Kier alpha value is -3.55. The molecule has 7 atom stereocenters. The Morgan fingerprint density at radius 1 is 0.963 bits per heavy atom. The van der Waals surface area contributed by atoms with Crippen molar-refractivity contribution in [2.45, 2.75) is 123 Å². The van der Waals surface area contributed by atoms with Crippen LogP contribution in [0.25, 0.3) is 0 Å². The molecule has 1 aliphatic heterocycles. The molecule has 1 aliphatic carbocycles. The van der Waals surface area contributed by atoms with Crippen LogP contribution >= 0.6 is 0 Å². The van der Waals surface area contributed by atoms with Crippen molar-refractivity contribution in [1.82, 2.24) is 25.8 Å². The minimum Gasteiger partial charge on any atom is -0.465 e. The predicted octanol–water partition coefficient (Wildman–Crippen LogP) is 3.58. The van der Waals surface area contributed by atoms with Gasteiger partial charge in [0.05, 0.1) is 54.8 Å². The quantitative estimate of drug-likeness (QED) is 0.160. The Morgan fingerprint density at radius 2 is 1.61 bits per heavy atom. The van der Waals surface area contributed by atoms with E-state index in [1.54, 1.807) is 45.3 Å². The Morgan fingerprint density at radius 3 is 2.15 bits per heavy atom. The number of nitrogens with zero attached hydrogens (tertiary/aromatic N) is 2. The van der Waals surface area contributed by atoms with Crippen molar-refractivity contribution in [3.63, 3.8) is 0 Å². The summed E-state index contributed by atoms with van der Waals surface area (Å²) in [5, 5.41) is 9.13. The molecule has 1 saturated carbocycles. The standard InChI is InChI=1S/C41H67N5O8/c1-12-27(6)35(45(8)38(49)34(26(4)5)44-37(48)33(42-7)25(2)3)31(52-9)24-32(47)46-23-15-18-30(46)36(53-10)41(20-21-41)40(51)43-22-19-28-16-13-14-17-29(28)39(50)54-11/h13-14,16-17,25-27,30-31,33-36,42H,12,15,18-24H2,1-11H3,(H,43,51)(H,44,48)/t27?,30-,31+,33-,34-,35-,36-/m0/s1. The number of carbonyl (C=O) groups excluding carboxylic acids is 5. The van der Waals surface area contributed by atoms with E-state index in [1.165, 1.54) is 7.11 Å². The van der Waals surface area contributed by atoms with Crippen LogP contribution in [0.3, 0.4) is 0 Å². The molecule has 54 heavy (non-hydrogen) atoms. The molecular weight excluding hydrogens is 690 g/mol. The topological polar surface area (TPSA) is 156 Å². The molecule has 2 fully saturated rings. The Kier molecular flexibility index (Phi) is 16.9. The van der Waals surface area contributed by atoms with Crippen molar-refractivity contribution in [2.24, 2.45) is 23.2 Å². The van der Waals surface area contributed by atoms with Gasteiger partial charge in [-0.15, -0.1) is 0 Å². The summed E-state index contributed by atoms with van der Waals surface area (Å²) in [6.45, 7) is 12.7. The number of ether oxygens (including phenoxy) is 3. The number of esters is 1. The molecule has 0 radical (unpaired) electrons. The molecular formula is C41H67N5O8. The first-order valence-electron chi connectivity index (χ1n) is 19.7. The van der Waals surface area contributed by atoms with Gasteiger partial charge in [0.2, 0.25) is 23.6 Å². The number of carbonyl (C=O) groups is 5. The second kappa shape index (κ2) is 20.4. The maximum atomic E-state index is 14.3. The van der Waals surface area contributed by atoms with Gasteiger partial charge in [0, 0.05) is 34.4 Å². The molecule has 13 nitrogen and oxygen atoms in total. The van der Waals surface area contributed by atoms with Crippen molar-refractivity contribution in [1.29, 1.82) is 0 Å². The largest absolute Gasteiger partial charge is 0.465 e. The van der Waals surface area contributed by atoms with E-state index < -0.39 is 41.7 Å². The molecule has 3 rings (SSSR count). The second-order valence-corrected chi connectivity index (χ2v) is 15.8. The number of rotatable bonds is 21. The molecule has 1 heterocycles. The molecule has 0 bridgehead atoms. The van der Waals surface area contributed by atoms with E-state index in [2.05, 4.69) is 16.0 Å². The van der Waals surface area contributed by atoms with Crippen LogP contribution in [0.2, 0.25) is 0 Å². The normalized spacial score (nSPS) is 19.7. The number of nitrogens with one attached hydrogen (secondary N) is 3. The van der Waals surface area contributed by atoms with Gasteiger partial charge in [-0.05, 0) is 68.5 Å². The van der Waals surface area contributed by atoms with E-state index in [0.29, 0.717) is 44.3 Å². The SMILES string of the molecule is CCC(C)[C@@H]([C@@H](CC(=O)N1CCC[C@H]1[C@H](OC)C1(C(=O)NCCc2ccccc2C(=O)OC)CC1)OC)N(C)C(=O)[C@@H](NC(=O)[C@@H](NC)C(C)C)C(C)C. The molecule has 13 heteroatoms. The third-order valence-electron chi connectivity index (χ3n) is 11.7. The number of benzene rings is 1. The number of likely N-dealkylation sites (tertiary alicyclic amines) is 1. The average molecular weight is 758 g/mol. The van der Waals surface area contributed by atoms with Gasteiger partial charge in [-0.25, -0.2) is 4.79 Å². The lowest BCUT2D eigenvalue weighted by atomic mass is 9.88. The predicted molar refractivity (Wildman–Crippen MR) is 208 cm³/mol. The van der Waals surface area contributed by atoms with Crippen LogP contribution in [0.15, 0.2) is 24.3 Å². The highest BCUT2D eigenvalue weighted by Crippen LogP contribution is 2.53. The second-order valence-electron chi connectivity index (χ2n) is 15.8. The first kappa shape index (κ1) is 44.8. The summed E-state index contributed by atoms with van der Waals surface area (Å²) < 4.78 is 17.0. The van der Waals surface area contributed by atoms with Crippen LogP contribution in [0, 0.1) is 23.2 Å². The van der Waals surface area contributed by atoms with Crippen LogP contribution in [0.1, 0.15) is 96.0 Å². The van der Waals surface area contributed by atoms with E-state index in [9.17, 15) is 24.0 Å². The fraction of sp³-hybridized carbons (Fsp3) is 0.732. The highest BCUT2D eigenvalue weighted by atomic mass is 16.5. The zero-order valence-corrected chi connectivity index (χ0v) is 34.5. The van der Waals surface area contributed by atoms with Crippen LogP contribution in [0.4, 0.5) is 0 Å². The maximum Gasteiger partial charge on any atom is 0.338 e. The lowest BCUT2D eigenvalue weighted by Gasteiger charge is -2.41. The van der Waals surface area contributed by atoms with Crippen LogP contribution in [-0.2, 0) is 39.8 Å². The molecule has 4 amide bonds. The number of methoxy groups -OCH3 is 3. The number of hydrogen-bond donors (Lipinski definition) is 3. The van der Waals surface area contributed by atoms with Gasteiger partial charge < -0.3 is 40.0 Å². The molecule has 0 spiro atoms. The minimum absolute atomic E-state index is 0.0138. The fourth-order valence-corrected chi connectivity index (χ4v) is 8.24. The Labute approximate surface area is 323 Å². The summed E-state index contributed by atoms with van der Waals surface area (Å²) in [5.41, 5.74) is 0.509. The van der Waals surface area contributed by atoms with E-state index in [-0.39, 0.29) is 53.8 Å². The number of amides is 4. The van der Waals surface area contributed by atoms with Crippen molar-refractivity contribution in [3.05, 3.63) is 35.4 Å². The third kappa shape index (κ3) is 10.4. The first-order valence-corrected chi connectivity index (χ1v) is 19.7. The number of hydrogen-bond acceptors (Lipinski definition) is 9. The molecule has 1 unspecified atom stereocenters. The summed E-state index contributed by atoms with van der Waals surface area (Å²) in [6.07, 6.45) is 2.93. The van der Waals surface area contributed by atoms with Crippen molar-refractivity contribution < 1.29 is 38.2 Å². The zero-order valence-electron chi connectivity index (χ0n) is 34.5. The summed E-state index contributed by atoms with van der Waals surface area (Å²) >= 11 is 0. The summed E-state index contributed by atoms with van der Waals surface area (Å²) in [5.74, 6) is -1.26. The highest BCUT2D eigenvalue weighted by Gasteiger charge is 2.60. The number of likely N-dealkylation sites (N-methyl/N-ethyl adjacent to an activating group) is 2. The molecule has 1 aromatic carbocycles. The monoisotopic (exact) mass is 757 g/mol. The van der Waals surface area contributed by atoms with Crippen molar-refractivity contribution in [2.75, 3.05) is 48.5 Å². The molecule has 3 N–H and O–H groups in total. The highest BCUT2D eigenvalue weighted by molar-refractivity contribution is 5.91. The lowest BCUT2D eigenvalue weighted by molar-refractivity contribution is -0.148. The van der Waals surface area contributed by atoms with E-state index in [0.717, 1.165) is 18.4 Å². The zero-order chi connectivity index (χ0) is 40.3. The van der Waals surface area contributed by atoms with Gasteiger partial charge in [-0.3, -0.25) is 19.2 Å². The molecule has 0 aromatic heterocycles. The van der Waals surface area contributed by atoms with Crippen molar-refractivity contribution >= 4 is 29.6 Å². The van der Waals surface area contributed by atoms with Crippen LogP contribution in [-0.4, -0.2) is 124 Å². The molecule has 1 saturated heterocycles. The molecule has 304 valence electrons. The third-order valence-corrected chi connectivity index (χ3v) is 11.7. The molecule has 1 aromatic rings. The summed E-state index contributed by atoms with van der Waals surface area (Å²) in [4.78, 5) is 71.1. The Balaban J connectivity index is 1.75.